The minimum Gasteiger partial charge on any atom is -0.456 e. The molecule has 6 aromatic carbocycles. The van der Waals surface area contributed by atoms with Crippen molar-refractivity contribution in [2.24, 2.45) is 0 Å². The molecule has 0 amide bonds. The molecule has 4 heterocycles. The number of thiophene rings is 2. The Balaban J connectivity index is 1.07. The fourth-order valence-electron chi connectivity index (χ4n) is 6.55. The Morgan fingerprint density at radius 1 is 0.422 bits per heavy atom. The van der Waals surface area contributed by atoms with Crippen LogP contribution >= 0.6 is 22.7 Å². The summed E-state index contributed by atoms with van der Waals surface area (Å²) >= 11 is 3.67. The maximum absolute atomic E-state index is 6.27. The predicted octanol–water partition coefficient (Wildman–Crippen LogP) is 12.1. The maximum Gasteiger partial charge on any atom is 0.159 e. The lowest BCUT2D eigenvalue weighted by Crippen LogP contribution is -1.91. The fraction of sp³-hybridized carbons (Fsp3) is 0. The Morgan fingerprint density at radius 2 is 0.933 bits per heavy atom. The molecule has 0 aliphatic carbocycles. The van der Waals surface area contributed by atoms with E-state index in [0.29, 0.717) is 5.82 Å². The molecule has 0 unspecified atom stereocenters. The number of benzene rings is 6. The van der Waals surface area contributed by atoms with Crippen LogP contribution in [0.4, 0.5) is 0 Å². The number of nitrogens with zero attached hydrogens (tertiary/aromatic N) is 2. The summed E-state index contributed by atoms with van der Waals surface area (Å²) in [6, 6.07) is 45.4. The molecule has 0 aliphatic rings. The summed E-state index contributed by atoms with van der Waals surface area (Å²) in [5.41, 5.74) is 7.06. The normalized spacial score (nSPS) is 12.0. The van der Waals surface area contributed by atoms with Crippen LogP contribution in [0.2, 0.25) is 0 Å². The molecule has 10 aromatic rings. The van der Waals surface area contributed by atoms with E-state index in [9.17, 15) is 0 Å². The maximum atomic E-state index is 6.27. The first-order valence-corrected chi connectivity index (χ1v) is 16.5. The van der Waals surface area contributed by atoms with Gasteiger partial charge >= 0.3 is 0 Å². The van der Waals surface area contributed by atoms with Crippen LogP contribution in [0.1, 0.15) is 0 Å². The van der Waals surface area contributed by atoms with Gasteiger partial charge in [0, 0.05) is 68.4 Å². The van der Waals surface area contributed by atoms with Crippen LogP contribution in [0.15, 0.2) is 138 Å². The average molecular weight is 611 g/mol. The first kappa shape index (κ1) is 25.0. The van der Waals surface area contributed by atoms with Crippen LogP contribution in [0.25, 0.3) is 96.1 Å². The third-order valence-electron chi connectivity index (χ3n) is 8.77. The van der Waals surface area contributed by atoms with Crippen molar-refractivity contribution in [1.29, 1.82) is 0 Å². The molecule has 0 saturated carbocycles. The van der Waals surface area contributed by atoms with Crippen molar-refractivity contribution in [3.63, 3.8) is 0 Å². The van der Waals surface area contributed by atoms with Crippen molar-refractivity contribution >= 4 is 85.0 Å². The summed E-state index contributed by atoms with van der Waals surface area (Å²) in [4.78, 5) is 9.72. The van der Waals surface area contributed by atoms with E-state index in [4.69, 9.17) is 9.40 Å². The zero-order valence-electron chi connectivity index (χ0n) is 23.8. The van der Waals surface area contributed by atoms with E-state index < -0.39 is 0 Å². The van der Waals surface area contributed by atoms with Crippen molar-refractivity contribution in [3.8, 4) is 33.8 Å². The standard InChI is InChI=1S/C40H22N2OS2/c1-3-7-36-27(5-1)31-20-24(11-15-38(31)44-36)23-9-13-34-29(19-23)30-22-26(10-14-35(30)43-34)40-41-18-17-33(42-40)25-12-16-39-32(21-25)28-6-2-4-8-37(28)45-39/h1-22H. The number of hydrogen-bond acceptors (Lipinski definition) is 5. The highest BCUT2D eigenvalue weighted by Gasteiger charge is 2.14. The van der Waals surface area contributed by atoms with E-state index >= 15 is 0 Å². The van der Waals surface area contributed by atoms with Gasteiger partial charge in [0.2, 0.25) is 0 Å². The largest absolute Gasteiger partial charge is 0.456 e. The lowest BCUT2D eigenvalue weighted by Gasteiger charge is -2.05. The van der Waals surface area contributed by atoms with Gasteiger partial charge in [-0.2, -0.15) is 0 Å². The number of aromatic nitrogens is 2. The molecule has 0 fully saturated rings. The highest BCUT2D eigenvalue weighted by Crippen LogP contribution is 2.39. The van der Waals surface area contributed by atoms with E-state index in [-0.39, 0.29) is 0 Å². The summed E-state index contributed by atoms with van der Waals surface area (Å²) in [7, 11) is 0. The van der Waals surface area contributed by atoms with Gasteiger partial charge < -0.3 is 4.42 Å². The van der Waals surface area contributed by atoms with Gasteiger partial charge in [0.25, 0.3) is 0 Å². The summed E-state index contributed by atoms with van der Waals surface area (Å²) in [5.74, 6) is 0.699. The van der Waals surface area contributed by atoms with Crippen molar-refractivity contribution in [1.82, 2.24) is 9.97 Å². The van der Waals surface area contributed by atoms with E-state index in [2.05, 4.69) is 120 Å². The Hall–Kier alpha value is -5.36. The average Bonchev–Trinajstić information content (AvgIpc) is 3.78. The molecule has 45 heavy (non-hydrogen) atoms. The zero-order chi connectivity index (χ0) is 29.5. The Labute approximate surface area is 265 Å². The van der Waals surface area contributed by atoms with Gasteiger partial charge in [0.15, 0.2) is 5.82 Å². The quantitative estimate of drug-likeness (QED) is 0.200. The van der Waals surface area contributed by atoms with Gasteiger partial charge in [-0.05, 0) is 83.9 Å². The van der Waals surface area contributed by atoms with Crippen molar-refractivity contribution in [2.75, 3.05) is 0 Å². The monoisotopic (exact) mass is 610 g/mol. The molecular weight excluding hydrogens is 589 g/mol. The molecule has 0 bridgehead atoms. The van der Waals surface area contributed by atoms with E-state index in [1.165, 1.54) is 51.5 Å². The van der Waals surface area contributed by atoms with Gasteiger partial charge in [-0.3, -0.25) is 0 Å². The molecule has 0 aliphatic heterocycles. The Morgan fingerprint density at radius 3 is 1.62 bits per heavy atom. The lowest BCUT2D eigenvalue weighted by atomic mass is 10.0. The van der Waals surface area contributed by atoms with Crippen LogP contribution in [0.5, 0.6) is 0 Å². The predicted molar refractivity (Wildman–Crippen MR) is 191 cm³/mol. The van der Waals surface area contributed by atoms with E-state index in [1.807, 2.05) is 41.0 Å². The smallest absolute Gasteiger partial charge is 0.159 e. The molecule has 10 rings (SSSR count). The summed E-state index contributed by atoms with van der Waals surface area (Å²) in [6.45, 7) is 0. The summed E-state index contributed by atoms with van der Waals surface area (Å²) in [5, 5.41) is 7.31. The van der Waals surface area contributed by atoms with E-state index in [0.717, 1.165) is 38.8 Å². The second kappa shape index (κ2) is 9.57. The fourth-order valence-corrected chi connectivity index (χ4v) is 8.72. The van der Waals surface area contributed by atoms with Crippen molar-refractivity contribution in [3.05, 3.63) is 134 Å². The number of hydrogen-bond donors (Lipinski definition) is 0. The highest BCUT2D eigenvalue weighted by atomic mass is 32.1. The third kappa shape index (κ3) is 3.95. The van der Waals surface area contributed by atoms with Crippen LogP contribution in [0.3, 0.4) is 0 Å². The highest BCUT2D eigenvalue weighted by molar-refractivity contribution is 7.26. The first-order valence-electron chi connectivity index (χ1n) is 14.9. The topological polar surface area (TPSA) is 38.9 Å². The molecule has 0 spiro atoms. The van der Waals surface area contributed by atoms with Gasteiger partial charge in [0.05, 0.1) is 5.69 Å². The van der Waals surface area contributed by atoms with Gasteiger partial charge in [-0.25, -0.2) is 9.97 Å². The minimum absolute atomic E-state index is 0.699. The first-order chi connectivity index (χ1) is 22.2. The number of furan rings is 1. The zero-order valence-corrected chi connectivity index (χ0v) is 25.5. The van der Waals surface area contributed by atoms with E-state index in [1.54, 1.807) is 0 Å². The van der Waals surface area contributed by atoms with Crippen LogP contribution < -0.4 is 0 Å². The van der Waals surface area contributed by atoms with Gasteiger partial charge in [-0.15, -0.1) is 22.7 Å². The van der Waals surface area contributed by atoms with Crippen molar-refractivity contribution < 1.29 is 4.42 Å². The van der Waals surface area contributed by atoms with Crippen LogP contribution in [0, 0.1) is 0 Å². The molecule has 0 N–H and O–H groups in total. The summed E-state index contributed by atoms with van der Waals surface area (Å²) < 4.78 is 11.5. The molecule has 210 valence electrons. The second-order valence-corrected chi connectivity index (χ2v) is 13.6. The van der Waals surface area contributed by atoms with Crippen LogP contribution in [-0.2, 0) is 0 Å². The lowest BCUT2D eigenvalue weighted by molar-refractivity contribution is 0.669. The molecule has 0 saturated heterocycles. The molecular formula is C40H22N2OS2. The molecule has 0 atom stereocenters. The third-order valence-corrected chi connectivity index (χ3v) is 11.1. The number of rotatable bonds is 3. The molecule has 4 aromatic heterocycles. The van der Waals surface area contributed by atoms with Crippen LogP contribution in [-0.4, -0.2) is 9.97 Å². The van der Waals surface area contributed by atoms with Crippen molar-refractivity contribution in [2.45, 2.75) is 0 Å². The summed E-state index contributed by atoms with van der Waals surface area (Å²) in [6.07, 6.45) is 1.85. The molecule has 5 heteroatoms. The Kier molecular flexibility index (Phi) is 5.32. The molecule has 0 radical (unpaired) electrons. The molecule has 3 nitrogen and oxygen atoms in total. The minimum atomic E-state index is 0.699. The Bertz CT molecular complexity index is 2780. The van der Waals surface area contributed by atoms with Gasteiger partial charge in [0.1, 0.15) is 11.2 Å². The SMILES string of the molecule is c1ccc2c(c1)sc1ccc(-c3ccc4oc5ccc(-c6nccc(-c7ccc8sc9ccccc9c8c7)n6)cc5c4c3)cc12. The number of fused-ring (bicyclic) bond motifs is 9. The van der Waals surface area contributed by atoms with Gasteiger partial charge in [-0.1, -0.05) is 54.6 Å². The second-order valence-electron chi connectivity index (χ2n) is 11.4.